The van der Waals surface area contributed by atoms with Crippen LogP contribution in [-0.2, 0) is 5.75 Å². The van der Waals surface area contributed by atoms with Gasteiger partial charge >= 0.3 is 0 Å². The molecule has 3 aromatic rings. The minimum absolute atomic E-state index is 0.241. The van der Waals surface area contributed by atoms with Gasteiger partial charge in [0.15, 0.2) is 0 Å². The summed E-state index contributed by atoms with van der Waals surface area (Å²) in [6.45, 7) is 2.50. The zero-order chi connectivity index (χ0) is 16.1. The van der Waals surface area contributed by atoms with Gasteiger partial charge in [-0.05, 0) is 47.2 Å². The lowest BCUT2D eigenvalue weighted by Crippen LogP contribution is -2.03. The zero-order valence-corrected chi connectivity index (χ0v) is 13.3. The van der Waals surface area contributed by atoms with E-state index >= 15 is 0 Å². The number of nitrogens with zero attached hydrogens (tertiary/aromatic N) is 4. The van der Waals surface area contributed by atoms with Crippen LogP contribution < -0.4 is 4.74 Å². The molecule has 0 saturated carbocycles. The molecule has 0 amide bonds. The Morgan fingerprint density at radius 1 is 1.13 bits per heavy atom. The Bertz CT molecular complexity index is 776. The van der Waals surface area contributed by atoms with Gasteiger partial charge in [0.25, 0.3) is 0 Å². The molecule has 0 bridgehead atoms. The Morgan fingerprint density at radius 2 is 1.91 bits per heavy atom. The molecular formula is C16H15FN4OS. The lowest BCUT2D eigenvalue weighted by atomic mass is 10.2. The number of para-hydroxylation sites is 2. The molecule has 0 aliphatic heterocycles. The molecule has 0 aliphatic rings. The van der Waals surface area contributed by atoms with Crippen molar-refractivity contribution < 1.29 is 9.13 Å². The van der Waals surface area contributed by atoms with E-state index in [1.807, 2.05) is 31.2 Å². The van der Waals surface area contributed by atoms with Crippen LogP contribution in [0.15, 0.2) is 53.7 Å². The molecule has 0 fully saturated rings. The van der Waals surface area contributed by atoms with E-state index in [0.717, 1.165) is 17.0 Å². The summed E-state index contributed by atoms with van der Waals surface area (Å²) < 4.78 is 20.2. The van der Waals surface area contributed by atoms with Crippen LogP contribution in [0, 0.1) is 5.82 Å². The average Bonchev–Trinajstić information content (AvgIpc) is 3.03. The SMILES string of the molecule is CCOc1ccccc1-n1nnnc1SCc1ccc(F)cc1. The van der Waals surface area contributed by atoms with Crippen molar-refractivity contribution in [1.82, 2.24) is 20.2 Å². The number of thioether (sulfide) groups is 1. The average molecular weight is 330 g/mol. The lowest BCUT2D eigenvalue weighted by molar-refractivity contribution is 0.337. The summed E-state index contributed by atoms with van der Waals surface area (Å²) in [5, 5.41) is 12.5. The summed E-state index contributed by atoms with van der Waals surface area (Å²) in [6.07, 6.45) is 0. The van der Waals surface area contributed by atoms with Gasteiger partial charge in [-0.1, -0.05) is 36.0 Å². The molecule has 23 heavy (non-hydrogen) atoms. The maximum atomic E-state index is 12.9. The first-order valence-electron chi connectivity index (χ1n) is 7.15. The number of hydrogen-bond donors (Lipinski definition) is 0. The van der Waals surface area contributed by atoms with E-state index in [2.05, 4.69) is 15.5 Å². The van der Waals surface area contributed by atoms with Crippen LogP contribution in [0.5, 0.6) is 5.75 Å². The van der Waals surface area contributed by atoms with Crippen molar-refractivity contribution in [3.05, 3.63) is 59.9 Å². The Hall–Kier alpha value is -2.41. The van der Waals surface area contributed by atoms with Crippen molar-refractivity contribution in [1.29, 1.82) is 0 Å². The summed E-state index contributed by atoms with van der Waals surface area (Å²) in [7, 11) is 0. The number of benzene rings is 2. The fourth-order valence-corrected chi connectivity index (χ4v) is 2.90. The van der Waals surface area contributed by atoms with Crippen molar-refractivity contribution >= 4 is 11.8 Å². The van der Waals surface area contributed by atoms with Gasteiger partial charge in [0.2, 0.25) is 5.16 Å². The Morgan fingerprint density at radius 3 is 2.70 bits per heavy atom. The van der Waals surface area contributed by atoms with Crippen LogP contribution in [0.25, 0.3) is 5.69 Å². The first-order chi connectivity index (χ1) is 11.3. The molecule has 2 aromatic carbocycles. The first kappa shape index (κ1) is 15.5. The van der Waals surface area contributed by atoms with Crippen LogP contribution in [0.4, 0.5) is 4.39 Å². The van der Waals surface area contributed by atoms with Crippen LogP contribution >= 0.6 is 11.8 Å². The summed E-state index contributed by atoms with van der Waals surface area (Å²) in [6, 6.07) is 14.0. The fraction of sp³-hybridized carbons (Fsp3) is 0.188. The summed E-state index contributed by atoms with van der Waals surface area (Å²) >= 11 is 1.48. The standard InChI is InChI=1S/C16H15FN4OS/c1-2-22-15-6-4-3-5-14(15)21-16(18-19-20-21)23-11-12-7-9-13(17)10-8-12/h3-10H,2,11H2,1H3. The van der Waals surface area contributed by atoms with E-state index in [1.165, 1.54) is 23.9 Å². The molecule has 1 aromatic heterocycles. The molecule has 0 saturated heterocycles. The molecule has 5 nitrogen and oxygen atoms in total. The second-order valence-corrected chi connectivity index (χ2v) is 5.63. The van der Waals surface area contributed by atoms with Gasteiger partial charge in [0, 0.05) is 5.75 Å². The van der Waals surface area contributed by atoms with Crippen LogP contribution in [0.3, 0.4) is 0 Å². The van der Waals surface area contributed by atoms with Crippen LogP contribution in [0.2, 0.25) is 0 Å². The predicted octanol–water partition coefficient (Wildman–Crippen LogP) is 3.49. The third-order valence-electron chi connectivity index (χ3n) is 3.12. The second-order valence-electron chi connectivity index (χ2n) is 4.69. The molecule has 0 radical (unpaired) electrons. The number of rotatable bonds is 6. The van der Waals surface area contributed by atoms with E-state index in [9.17, 15) is 4.39 Å². The van der Waals surface area contributed by atoms with Crippen molar-refractivity contribution in [2.45, 2.75) is 17.8 Å². The van der Waals surface area contributed by atoms with E-state index in [-0.39, 0.29) is 5.82 Å². The van der Waals surface area contributed by atoms with E-state index in [4.69, 9.17) is 4.74 Å². The smallest absolute Gasteiger partial charge is 0.214 e. The van der Waals surface area contributed by atoms with Crippen LogP contribution in [0.1, 0.15) is 12.5 Å². The Labute approximate surface area is 137 Å². The van der Waals surface area contributed by atoms with Crippen molar-refractivity contribution in [2.24, 2.45) is 0 Å². The highest BCUT2D eigenvalue weighted by Gasteiger charge is 2.13. The van der Waals surface area contributed by atoms with Gasteiger partial charge in [-0.3, -0.25) is 0 Å². The highest BCUT2D eigenvalue weighted by molar-refractivity contribution is 7.98. The Balaban J connectivity index is 1.81. The highest BCUT2D eigenvalue weighted by Crippen LogP contribution is 2.27. The number of halogens is 1. The van der Waals surface area contributed by atoms with Gasteiger partial charge < -0.3 is 4.74 Å². The minimum atomic E-state index is -0.241. The number of ether oxygens (including phenoxy) is 1. The molecule has 118 valence electrons. The topological polar surface area (TPSA) is 52.8 Å². The molecule has 3 rings (SSSR count). The largest absolute Gasteiger partial charge is 0.492 e. The number of tetrazole rings is 1. The summed E-state index contributed by atoms with van der Waals surface area (Å²) in [5.41, 5.74) is 1.80. The molecular weight excluding hydrogens is 315 g/mol. The van der Waals surface area contributed by atoms with E-state index in [0.29, 0.717) is 17.5 Å². The molecule has 0 spiro atoms. The molecule has 7 heteroatoms. The summed E-state index contributed by atoms with van der Waals surface area (Å²) in [4.78, 5) is 0. The van der Waals surface area contributed by atoms with Gasteiger partial charge in [-0.25, -0.2) is 4.39 Å². The quantitative estimate of drug-likeness (QED) is 0.648. The van der Waals surface area contributed by atoms with Crippen molar-refractivity contribution in [3.63, 3.8) is 0 Å². The molecule has 0 atom stereocenters. The van der Waals surface area contributed by atoms with Gasteiger partial charge in [-0.15, -0.1) is 5.10 Å². The molecule has 0 unspecified atom stereocenters. The number of hydrogen-bond acceptors (Lipinski definition) is 5. The third kappa shape index (κ3) is 3.68. The normalized spacial score (nSPS) is 10.7. The van der Waals surface area contributed by atoms with Crippen molar-refractivity contribution in [3.8, 4) is 11.4 Å². The fourth-order valence-electron chi connectivity index (χ4n) is 2.06. The first-order valence-corrected chi connectivity index (χ1v) is 8.14. The van der Waals surface area contributed by atoms with Crippen LogP contribution in [-0.4, -0.2) is 26.8 Å². The minimum Gasteiger partial charge on any atom is -0.492 e. The number of aromatic nitrogens is 4. The van der Waals surface area contributed by atoms with E-state index in [1.54, 1.807) is 16.8 Å². The van der Waals surface area contributed by atoms with Gasteiger partial charge in [0.05, 0.1) is 6.61 Å². The Kier molecular flexibility index (Phi) is 4.87. The highest BCUT2D eigenvalue weighted by atomic mass is 32.2. The molecule has 0 aliphatic carbocycles. The van der Waals surface area contributed by atoms with Gasteiger partial charge in [-0.2, -0.15) is 4.68 Å². The molecule has 1 heterocycles. The van der Waals surface area contributed by atoms with Crippen molar-refractivity contribution in [2.75, 3.05) is 6.61 Å². The maximum Gasteiger partial charge on any atom is 0.214 e. The van der Waals surface area contributed by atoms with E-state index < -0.39 is 0 Å². The molecule has 0 N–H and O–H groups in total. The lowest BCUT2D eigenvalue weighted by Gasteiger charge is -2.10. The second kappa shape index (κ2) is 7.23. The predicted molar refractivity (Wildman–Crippen MR) is 86.3 cm³/mol. The summed E-state index contributed by atoms with van der Waals surface area (Å²) in [5.74, 6) is 1.14. The maximum absolute atomic E-state index is 12.9. The van der Waals surface area contributed by atoms with Gasteiger partial charge in [0.1, 0.15) is 17.3 Å². The monoisotopic (exact) mass is 330 g/mol. The third-order valence-corrected chi connectivity index (χ3v) is 4.11. The zero-order valence-electron chi connectivity index (χ0n) is 12.5.